The van der Waals surface area contributed by atoms with E-state index in [4.69, 9.17) is 27.9 Å². The monoisotopic (exact) mass is 592 g/mol. The molecule has 0 aliphatic carbocycles. The molecule has 1 saturated heterocycles. The molecule has 5 rings (SSSR count). The van der Waals surface area contributed by atoms with E-state index >= 15 is 0 Å². The lowest BCUT2D eigenvalue weighted by Gasteiger charge is -2.46. The van der Waals surface area contributed by atoms with Crippen molar-refractivity contribution in [3.05, 3.63) is 93.0 Å². The number of hydrogen-bond acceptors (Lipinski definition) is 4. The van der Waals surface area contributed by atoms with E-state index in [1.807, 2.05) is 36.4 Å². The maximum Gasteiger partial charge on any atom is 0.238 e. The average molecular weight is 594 g/mol. The summed E-state index contributed by atoms with van der Waals surface area (Å²) in [4.78, 5) is 27.7. The number of amides is 2. The number of hydrogen-bond donors (Lipinski definition) is 3. The van der Waals surface area contributed by atoms with Gasteiger partial charge in [0.2, 0.25) is 11.8 Å². The molecule has 0 bridgehead atoms. The Morgan fingerprint density at radius 3 is 2.55 bits per heavy atom. The third-order valence-corrected chi connectivity index (χ3v) is 8.60. The summed E-state index contributed by atoms with van der Waals surface area (Å²) in [5.74, 6) is 2.73. The molecule has 2 aliphatic rings. The molecular weight excluding hydrogens is 563 g/mol. The highest BCUT2D eigenvalue weighted by molar-refractivity contribution is 6.83. The second-order valence-electron chi connectivity index (χ2n) is 11.1. The van der Waals surface area contributed by atoms with Gasteiger partial charge >= 0.3 is 0 Å². The Morgan fingerprint density at radius 2 is 1.82 bits per heavy atom. The standard InChI is InChI=1S/C31H30Cl2N2O4Si/c1-40(2,3)14-11-19-7-10-27(39-13-12-36)23(15-19)29-31(24-9-8-22(33)17-26(24)34-30(31)38)25(18-28(37)35-29)20-5-4-6-21(32)16-20/h4-10,15-17,25,29,36H,12-13,18H2,1-3H3,(H,34,38)(H,35,37)/t25-,29+,31-/m0/s1. The van der Waals surface area contributed by atoms with Crippen LogP contribution >= 0.6 is 23.2 Å². The van der Waals surface area contributed by atoms with Crippen LogP contribution in [0.5, 0.6) is 5.75 Å². The molecule has 2 aliphatic heterocycles. The molecule has 40 heavy (non-hydrogen) atoms. The van der Waals surface area contributed by atoms with E-state index in [1.54, 1.807) is 24.3 Å². The van der Waals surface area contributed by atoms with Crippen LogP contribution in [0.15, 0.2) is 60.7 Å². The number of benzene rings is 3. The van der Waals surface area contributed by atoms with Gasteiger partial charge in [0.05, 0.1) is 12.6 Å². The Morgan fingerprint density at radius 1 is 1.05 bits per heavy atom. The van der Waals surface area contributed by atoms with Crippen molar-refractivity contribution in [1.82, 2.24) is 5.32 Å². The Bertz CT molecular complexity index is 1560. The van der Waals surface area contributed by atoms with E-state index in [0.717, 1.165) is 16.7 Å². The maximum absolute atomic E-state index is 14.3. The van der Waals surface area contributed by atoms with E-state index in [0.29, 0.717) is 27.0 Å². The van der Waals surface area contributed by atoms with Crippen LogP contribution in [-0.4, -0.2) is 38.2 Å². The Kier molecular flexibility index (Phi) is 7.73. The minimum Gasteiger partial charge on any atom is -0.491 e. The van der Waals surface area contributed by atoms with Crippen LogP contribution in [0.1, 0.15) is 40.6 Å². The highest BCUT2D eigenvalue weighted by Gasteiger charge is 2.61. The van der Waals surface area contributed by atoms with Crippen molar-refractivity contribution >= 4 is 48.8 Å². The van der Waals surface area contributed by atoms with E-state index in [1.165, 1.54) is 0 Å². The Hall–Kier alpha value is -3.28. The number of nitrogens with one attached hydrogen (secondary N) is 2. The Balaban J connectivity index is 1.79. The largest absolute Gasteiger partial charge is 0.491 e. The zero-order valence-corrected chi connectivity index (χ0v) is 25.0. The molecule has 3 aromatic rings. The van der Waals surface area contributed by atoms with Crippen LogP contribution in [-0.2, 0) is 15.0 Å². The van der Waals surface area contributed by atoms with Gasteiger partial charge in [0.25, 0.3) is 0 Å². The fourth-order valence-corrected chi connectivity index (χ4v) is 6.56. The summed E-state index contributed by atoms with van der Waals surface area (Å²) >= 11 is 12.7. The number of fused-ring (bicyclic) bond motifs is 2. The van der Waals surface area contributed by atoms with Crippen molar-refractivity contribution in [3.63, 3.8) is 0 Å². The van der Waals surface area contributed by atoms with Crippen molar-refractivity contribution in [2.24, 2.45) is 0 Å². The zero-order chi connectivity index (χ0) is 28.7. The fraction of sp³-hybridized carbons (Fsp3) is 0.290. The molecule has 0 unspecified atom stereocenters. The first-order valence-electron chi connectivity index (χ1n) is 13.1. The van der Waals surface area contributed by atoms with Crippen LogP contribution in [0.25, 0.3) is 0 Å². The molecule has 206 valence electrons. The van der Waals surface area contributed by atoms with E-state index in [-0.39, 0.29) is 31.4 Å². The number of aliphatic hydroxyl groups excluding tert-OH is 1. The predicted octanol–water partition coefficient (Wildman–Crippen LogP) is 5.83. The van der Waals surface area contributed by atoms with Crippen LogP contribution in [0.2, 0.25) is 29.7 Å². The molecule has 9 heteroatoms. The van der Waals surface area contributed by atoms with Crippen molar-refractivity contribution in [1.29, 1.82) is 0 Å². The average Bonchev–Trinajstić information content (AvgIpc) is 3.18. The van der Waals surface area contributed by atoms with Crippen molar-refractivity contribution in [2.75, 3.05) is 18.5 Å². The van der Waals surface area contributed by atoms with Gasteiger partial charge in [0.1, 0.15) is 25.8 Å². The summed E-state index contributed by atoms with van der Waals surface area (Å²) in [5.41, 5.74) is 5.59. The van der Waals surface area contributed by atoms with Gasteiger partial charge in [0.15, 0.2) is 0 Å². The predicted molar refractivity (Wildman–Crippen MR) is 161 cm³/mol. The summed E-state index contributed by atoms with van der Waals surface area (Å²) in [7, 11) is -1.68. The number of halogens is 2. The quantitative estimate of drug-likeness (QED) is 0.257. The first-order valence-corrected chi connectivity index (χ1v) is 17.4. The molecule has 0 saturated carbocycles. The summed E-state index contributed by atoms with van der Waals surface area (Å²) in [6.45, 7) is 6.35. The zero-order valence-electron chi connectivity index (χ0n) is 22.5. The first kappa shape index (κ1) is 28.3. The second kappa shape index (κ2) is 10.9. The molecule has 3 N–H and O–H groups in total. The second-order valence-corrected chi connectivity index (χ2v) is 16.8. The fourth-order valence-electron chi connectivity index (χ4n) is 5.67. The molecule has 6 nitrogen and oxygen atoms in total. The summed E-state index contributed by atoms with van der Waals surface area (Å²) < 4.78 is 5.97. The van der Waals surface area contributed by atoms with Crippen LogP contribution in [0.4, 0.5) is 5.69 Å². The third-order valence-electron chi connectivity index (χ3n) is 7.25. The smallest absolute Gasteiger partial charge is 0.238 e. The molecule has 1 fully saturated rings. The minimum absolute atomic E-state index is 0.0523. The molecule has 3 atom stereocenters. The lowest BCUT2D eigenvalue weighted by Crippen LogP contribution is -2.57. The molecule has 1 spiro atoms. The van der Waals surface area contributed by atoms with Gasteiger partial charge in [-0.2, -0.15) is 0 Å². The molecular formula is C31H30Cl2N2O4Si. The number of aliphatic hydroxyl groups is 1. The van der Waals surface area contributed by atoms with Gasteiger partial charge in [-0.1, -0.05) is 67.0 Å². The molecule has 2 amide bonds. The molecule has 2 heterocycles. The highest BCUT2D eigenvalue weighted by Crippen LogP contribution is 2.58. The number of carbonyl (C=O) groups is 2. The van der Waals surface area contributed by atoms with E-state index in [2.05, 4.69) is 41.7 Å². The van der Waals surface area contributed by atoms with Crippen molar-refractivity contribution < 1.29 is 19.4 Å². The van der Waals surface area contributed by atoms with Crippen LogP contribution < -0.4 is 15.4 Å². The normalized spacial score (nSPS) is 21.8. The van der Waals surface area contributed by atoms with Gasteiger partial charge in [-0.15, -0.1) is 5.54 Å². The maximum atomic E-state index is 14.3. The lowest BCUT2D eigenvalue weighted by atomic mass is 9.59. The van der Waals surface area contributed by atoms with E-state index in [9.17, 15) is 14.7 Å². The number of piperidine rings is 1. The summed E-state index contributed by atoms with van der Waals surface area (Å²) in [6.07, 6.45) is 0.0777. The molecule has 3 aromatic carbocycles. The van der Waals surface area contributed by atoms with Gasteiger partial charge < -0.3 is 20.5 Å². The van der Waals surface area contributed by atoms with Gasteiger partial charge in [-0.25, -0.2) is 0 Å². The highest BCUT2D eigenvalue weighted by atomic mass is 35.5. The topological polar surface area (TPSA) is 87.7 Å². The van der Waals surface area contributed by atoms with Crippen LogP contribution in [0, 0.1) is 11.5 Å². The van der Waals surface area contributed by atoms with Crippen molar-refractivity contribution in [2.45, 2.75) is 43.4 Å². The molecule has 0 radical (unpaired) electrons. The number of ether oxygens (including phenoxy) is 1. The summed E-state index contributed by atoms with van der Waals surface area (Å²) in [6, 6.07) is 17.3. The van der Waals surface area contributed by atoms with Gasteiger partial charge in [-0.3, -0.25) is 9.59 Å². The number of anilines is 1. The molecule has 0 aromatic heterocycles. The van der Waals surface area contributed by atoms with Gasteiger partial charge in [0, 0.05) is 39.2 Å². The minimum atomic E-state index is -1.68. The lowest BCUT2D eigenvalue weighted by molar-refractivity contribution is -0.131. The third kappa shape index (κ3) is 5.25. The number of rotatable bonds is 5. The van der Waals surface area contributed by atoms with E-state index < -0.39 is 25.4 Å². The Labute approximate surface area is 245 Å². The number of carbonyl (C=O) groups excluding carboxylic acids is 2. The first-order chi connectivity index (χ1) is 19.0. The van der Waals surface area contributed by atoms with Crippen molar-refractivity contribution in [3.8, 4) is 17.2 Å². The van der Waals surface area contributed by atoms with Crippen LogP contribution in [0.3, 0.4) is 0 Å². The summed E-state index contributed by atoms with van der Waals surface area (Å²) in [5, 5.41) is 16.7. The SMILES string of the molecule is C[Si](C)(C)C#Cc1ccc(OCCO)c([C@H]2NC(=O)C[C@@H](c3cccc(Cl)c3)[C@]23C(=O)Nc2cc(Cl)ccc23)c1. The van der Waals surface area contributed by atoms with Gasteiger partial charge in [-0.05, 0) is 53.6 Å².